The number of benzene rings is 1. The van der Waals surface area contributed by atoms with Crippen LogP contribution in [-0.4, -0.2) is 38.8 Å². The topological polar surface area (TPSA) is 64.9 Å². The first-order valence-corrected chi connectivity index (χ1v) is 8.88. The van der Waals surface area contributed by atoms with E-state index in [2.05, 4.69) is 28.7 Å². The minimum atomic E-state index is 0.248. The highest BCUT2D eigenvalue weighted by Gasteiger charge is 2.19. The third-order valence-corrected chi connectivity index (χ3v) is 4.53. The monoisotopic (exact) mass is 337 g/mol. The number of imidazole rings is 1. The molecule has 1 fully saturated rings. The molecule has 1 aromatic carbocycles. The average Bonchev–Trinajstić information content (AvgIpc) is 3.29. The quantitative estimate of drug-likeness (QED) is 0.769. The molecule has 0 saturated carbocycles. The fraction of sp³-hybridized carbons (Fsp3) is 0.421. The molecule has 25 heavy (non-hydrogen) atoms. The predicted octanol–water partition coefficient (Wildman–Crippen LogP) is 3.67. The van der Waals surface area contributed by atoms with E-state index in [1.165, 1.54) is 0 Å². The molecule has 0 spiro atoms. The Morgan fingerprint density at radius 2 is 2.08 bits per heavy atom. The first kappa shape index (κ1) is 16.0. The van der Waals surface area contributed by atoms with Crippen LogP contribution >= 0.6 is 0 Å². The zero-order valence-corrected chi connectivity index (χ0v) is 14.6. The van der Waals surface area contributed by atoms with Gasteiger partial charge in [0.2, 0.25) is 0 Å². The van der Waals surface area contributed by atoms with Gasteiger partial charge < -0.3 is 14.6 Å². The van der Waals surface area contributed by atoms with Gasteiger partial charge >= 0.3 is 0 Å². The van der Waals surface area contributed by atoms with Crippen molar-refractivity contribution in [3.05, 3.63) is 36.7 Å². The number of anilines is 1. The molecule has 0 amide bonds. The van der Waals surface area contributed by atoms with Gasteiger partial charge in [-0.05, 0) is 26.7 Å². The van der Waals surface area contributed by atoms with E-state index in [1.54, 1.807) is 0 Å². The highest BCUT2D eigenvalue weighted by Crippen LogP contribution is 2.26. The summed E-state index contributed by atoms with van der Waals surface area (Å²) in [6.07, 6.45) is 4.31. The minimum absolute atomic E-state index is 0.248. The molecular weight excluding hydrogens is 314 g/mol. The predicted molar refractivity (Wildman–Crippen MR) is 98.6 cm³/mol. The molecule has 1 N–H and O–H groups in total. The summed E-state index contributed by atoms with van der Waals surface area (Å²) in [5.74, 6) is 1.49. The molecule has 3 heterocycles. The largest absolute Gasteiger partial charge is 0.376 e. The van der Waals surface area contributed by atoms with E-state index in [1.807, 2.05) is 36.7 Å². The van der Waals surface area contributed by atoms with Gasteiger partial charge in [-0.2, -0.15) is 0 Å². The molecule has 2 aromatic heterocycles. The van der Waals surface area contributed by atoms with Crippen LogP contribution in [-0.2, 0) is 4.74 Å². The van der Waals surface area contributed by atoms with E-state index in [4.69, 9.17) is 14.7 Å². The molecule has 1 aliphatic heterocycles. The Kier molecular flexibility index (Phi) is 4.36. The number of nitrogens with zero attached hydrogens (tertiary/aromatic N) is 4. The second-order valence-electron chi connectivity index (χ2n) is 6.70. The van der Waals surface area contributed by atoms with Gasteiger partial charge in [0.1, 0.15) is 5.52 Å². The summed E-state index contributed by atoms with van der Waals surface area (Å²) in [7, 11) is 0. The van der Waals surface area contributed by atoms with E-state index in [-0.39, 0.29) is 12.1 Å². The Morgan fingerprint density at radius 1 is 1.24 bits per heavy atom. The zero-order valence-electron chi connectivity index (χ0n) is 14.6. The van der Waals surface area contributed by atoms with Crippen molar-refractivity contribution in [1.29, 1.82) is 0 Å². The molecule has 0 bridgehead atoms. The molecule has 6 heteroatoms. The van der Waals surface area contributed by atoms with Crippen LogP contribution in [0.3, 0.4) is 0 Å². The molecule has 1 aliphatic rings. The number of hydrogen-bond acceptors (Lipinski definition) is 5. The van der Waals surface area contributed by atoms with Crippen LogP contribution in [0.15, 0.2) is 36.7 Å². The molecule has 4 rings (SSSR count). The Hall–Kier alpha value is -2.47. The van der Waals surface area contributed by atoms with Crippen molar-refractivity contribution < 1.29 is 4.74 Å². The van der Waals surface area contributed by atoms with Crippen LogP contribution in [0.2, 0.25) is 0 Å². The second-order valence-corrected chi connectivity index (χ2v) is 6.70. The third-order valence-electron chi connectivity index (χ3n) is 4.53. The molecule has 0 radical (unpaired) electrons. The molecular formula is C19H23N5O. The highest BCUT2D eigenvalue weighted by molar-refractivity contribution is 5.85. The van der Waals surface area contributed by atoms with Crippen molar-refractivity contribution in [2.24, 2.45) is 0 Å². The van der Waals surface area contributed by atoms with Crippen LogP contribution in [0.5, 0.6) is 0 Å². The SMILES string of the molecule is CC(C)n1cnc2c(NCC3CCCO3)nc(-c3ccccc3)nc21. The van der Waals surface area contributed by atoms with E-state index >= 15 is 0 Å². The Morgan fingerprint density at radius 3 is 2.80 bits per heavy atom. The minimum Gasteiger partial charge on any atom is -0.376 e. The molecule has 130 valence electrons. The smallest absolute Gasteiger partial charge is 0.166 e. The number of ether oxygens (including phenoxy) is 1. The zero-order chi connectivity index (χ0) is 17.2. The van der Waals surface area contributed by atoms with Crippen molar-refractivity contribution in [1.82, 2.24) is 19.5 Å². The summed E-state index contributed by atoms with van der Waals surface area (Å²) in [6, 6.07) is 10.3. The lowest BCUT2D eigenvalue weighted by Crippen LogP contribution is -2.19. The number of rotatable bonds is 5. The maximum Gasteiger partial charge on any atom is 0.166 e. The first-order chi connectivity index (χ1) is 12.2. The van der Waals surface area contributed by atoms with Gasteiger partial charge in [-0.1, -0.05) is 30.3 Å². The number of fused-ring (bicyclic) bond motifs is 1. The van der Waals surface area contributed by atoms with Gasteiger partial charge in [0.25, 0.3) is 0 Å². The van der Waals surface area contributed by atoms with E-state index < -0.39 is 0 Å². The standard InChI is InChI=1S/C19H23N5O/c1-13(2)24-12-21-16-18(20-11-15-9-6-10-25-15)22-17(23-19(16)24)14-7-4-3-5-8-14/h3-5,7-8,12-13,15H,6,9-11H2,1-2H3,(H,20,22,23). The second kappa shape index (κ2) is 6.80. The van der Waals surface area contributed by atoms with Gasteiger partial charge in [0.15, 0.2) is 17.3 Å². The molecule has 3 aromatic rings. The Bertz CT molecular complexity index is 853. The van der Waals surface area contributed by atoms with Crippen LogP contribution < -0.4 is 5.32 Å². The number of aromatic nitrogens is 4. The lowest BCUT2D eigenvalue weighted by Gasteiger charge is -2.13. The van der Waals surface area contributed by atoms with Crippen molar-refractivity contribution in [3.63, 3.8) is 0 Å². The maximum absolute atomic E-state index is 5.71. The van der Waals surface area contributed by atoms with E-state index in [0.717, 1.165) is 48.5 Å². The molecule has 0 aliphatic carbocycles. The van der Waals surface area contributed by atoms with Gasteiger partial charge in [-0.25, -0.2) is 15.0 Å². The van der Waals surface area contributed by atoms with Crippen molar-refractivity contribution in [3.8, 4) is 11.4 Å². The fourth-order valence-corrected chi connectivity index (χ4v) is 3.15. The van der Waals surface area contributed by atoms with Crippen LogP contribution in [0.25, 0.3) is 22.6 Å². The van der Waals surface area contributed by atoms with Crippen molar-refractivity contribution in [2.75, 3.05) is 18.5 Å². The Labute approximate surface area is 147 Å². The summed E-state index contributed by atoms with van der Waals surface area (Å²) in [5, 5.41) is 3.44. The van der Waals surface area contributed by atoms with Gasteiger partial charge in [-0.3, -0.25) is 0 Å². The van der Waals surface area contributed by atoms with Gasteiger partial charge in [-0.15, -0.1) is 0 Å². The fourth-order valence-electron chi connectivity index (χ4n) is 3.15. The lowest BCUT2D eigenvalue weighted by molar-refractivity contribution is 0.120. The van der Waals surface area contributed by atoms with Gasteiger partial charge in [0, 0.05) is 24.8 Å². The van der Waals surface area contributed by atoms with Crippen molar-refractivity contribution >= 4 is 17.0 Å². The third kappa shape index (κ3) is 3.22. The summed E-state index contributed by atoms with van der Waals surface area (Å²) in [6.45, 7) is 5.85. The van der Waals surface area contributed by atoms with Crippen LogP contribution in [0.4, 0.5) is 5.82 Å². The number of hydrogen-bond donors (Lipinski definition) is 1. The maximum atomic E-state index is 5.71. The van der Waals surface area contributed by atoms with Crippen molar-refractivity contribution in [2.45, 2.75) is 38.8 Å². The molecule has 1 unspecified atom stereocenters. The summed E-state index contributed by atoms with van der Waals surface area (Å²) in [4.78, 5) is 14.1. The summed E-state index contributed by atoms with van der Waals surface area (Å²) >= 11 is 0. The molecule has 1 saturated heterocycles. The highest BCUT2D eigenvalue weighted by atomic mass is 16.5. The van der Waals surface area contributed by atoms with E-state index in [0.29, 0.717) is 5.82 Å². The number of nitrogens with one attached hydrogen (secondary N) is 1. The normalized spacial score (nSPS) is 17.5. The molecule has 1 atom stereocenters. The summed E-state index contributed by atoms with van der Waals surface area (Å²) < 4.78 is 7.80. The van der Waals surface area contributed by atoms with E-state index in [9.17, 15) is 0 Å². The Balaban J connectivity index is 1.76. The first-order valence-electron chi connectivity index (χ1n) is 8.88. The molecule has 6 nitrogen and oxygen atoms in total. The van der Waals surface area contributed by atoms with Gasteiger partial charge in [0.05, 0.1) is 12.4 Å². The average molecular weight is 337 g/mol. The van der Waals surface area contributed by atoms with Crippen LogP contribution in [0, 0.1) is 0 Å². The summed E-state index contributed by atoms with van der Waals surface area (Å²) in [5.41, 5.74) is 2.67. The lowest BCUT2D eigenvalue weighted by atomic mass is 10.2. The van der Waals surface area contributed by atoms with Crippen LogP contribution in [0.1, 0.15) is 32.7 Å².